The van der Waals surface area contributed by atoms with E-state index >= 15 is 0 Å². The van der Waals surface area contributed by atoms with E-state index in [9.17, 15) is 14.0 Å². The second kappa shape index (κ2) is 7.57. The number of hydrogen-bond acceptors (Lipinski definition) is 3. The van der Waals surface area contributed by atoms with E-state index < -0.39 is 17.9 Å². The zero-order chi connectivity index (χ0) is 17.0. The van der Waals surface area contributed by atoms with Crippen LogP contribution in [0.2, 0.25) is 0 Å². The number of hydrogen-bond donors (Lipinski definition) is 1. The van der Waals surface area contributed by atoms with E-state index in [0.29, 0.717) is 11.8 Å². The highest BCUT2D eigenvalue weighted by atomic mass is 19.1. The molecule has 0 spiro atoms. The second-order valence-corrected chi connectivity index (χ2v) is 6.44. The molecule has 1 fully saturated rings. The van der Waals surface area contributed by atoms with Crippen LogP contribution in [0, 0.1) is 17.7 Å². The Morgan fingerprint density at radius 1 is 1.22 bits per heavy atom. The van der Waals surface area contributed by atoms with Crippen molar-refractivity contribution >= 4 is 11.9 Å². The van der Waals surface area contributed by atoms with Crippen LogP contribution in [0.3, 0.4) is 0 Å². The molecular formula is C18H24FNO3. The van der Waals surface area contributed by atoms with E-state index in [1.807, 2.05) is 0 Å². The Balaban J connectivity index is 1.89. The quantitative estimate of drug-likeness (QED) is 0.866. The van der Waals surface area contributed by atoms with Crippen LogP contribution >= 0.6 is 0 Å². The highest BCUT2D eigenvalue weighted by Crippen LogP contribution is 2.29. The SMILES string of the molecule is C[C@H]1[C@@H](NC(=O)[C@@H](C)OC(=O)c2ccc(F)cc2)CCC[C@@H]1C. The van der Waals surface area contributed by atoms with Crippen LogP contribution in [-0.4, -0.2) is 24.0 Å². The molecule has 0 bridgehead atoms. The van der Waals surface area contributed by atoms with Crippen LogP contribution in [0.1, 0.15) is 50.4 Å². The molecule has 1 aromatic carbocycles. The summed E-state index contributed by atoms with van der Waals surface area (Å²) >= 11 is 0. The van der Waals surface area contributed by atoms with E-state index in [1.165, 1.54) is 30.7 Å². The lowest BCUT2D eigenvalue weighted by Crippen LogP contribution is -2.47. The first-order valence-corrected chi connectivity index (χ1v) is 8.15. The van der Waals surface area contributed by atoms with Gasteiger partial charge in [0, 0.05) is 6.04 Å². The molecule has 0 heterocycles. The van der Waals surface area contributed by atoms with Crippen LogP contribution in [0.15, 0.2) is 24.3 Å². The maximum absolute atomic E-state index is 12.9. The third kappa shape index (κ3) is 4.53. The van der Waals surface area contributed by atoms with Gasteiger partial charge in [0.2, 0.25) is 0 Å². The predicted molar refractivity (Wildman–Crippen MR) is 85.4 cm³/mol. The zero-order valence-corrected chi connectivity index (χ0v) is 13.8. The summed E-state index contributed by atoms with van der Waals surface area (Å²) in [6, 6.07) is 5.18. The van der Waals surface area contributed by atoms with Crippen molar-refractivity contribution in [1.82, 2.24) is 5.32 Å². The third-order valence-corrected chi connectivity index (χ3v) is 4.77. The first-order valence-electron chi connectivity index (χ1n) is 8.15. The van der Waals surface area contributed by atoms with Gasteiger partial charge >= 0.3 is 5.97 Å². The Kier molecular flexibility index (Phi) is 5.74. The van der Waals surface area contributed by atoms with Gasteiger partial charge in [0.05, 0.1) is 5.56 Å². The standard InChI is InChI=1S/C18H24FNO3/c1-11-5-4-6-16(12(11)2)20-17(21)13(3)23-18(22)14-7-9-15(19)10-8-14/h7-13,16H,4-6H2,1-3H3,(H,20,21)/t11-,12+,13+,16-/m0/s1. The van der Waals surface area contributed by atoms with E-state index in [4.69, 9.17) is 4.74 Å². The Morgan fingerprint density at radius 3 is 2.52 bits per heavy atom. The number of carbonyl (C=O) groups excluding carboxylic acids is 2. The smallest absolute Gasteiger partial charge is 0.338 e. The molecule has 4 atom stereocenters. The third-order valence-electron chi connectivity index (χ3n) is 4.77. The predicted octanol–water partition coefficient (Wildman–Crippen LogP) is 3.31. The number of benzene rings is 1. The molecule has 4 nitrogen and oxygen atoms in total. The molecule has 2 rings (SSSR count). The van der Waals surface area contributed by atoms with Crippen molar-refractivity contribution in [1.29, 1.82) is 0 Å². The fourth-order valence-electron chi connectivity index (χ4n) is 2.95. The van der Waals surface area contributed by atoms with Gasteiger partial charge in [0.25, 0.3) is 5.91 Å². The summed E-state index contributed by atoms with van der Waals surface area (Å²) in [6.45, 7) is 5.89. The van der Waals surface area contributed by atoms with E-state index in [2.05, 4.69) is 19.2 Å². The van der Waals surface area contributed by atoms with Crippen LogP contribution in [0.25, 0.3) is 0 Å². The lowest BCUT2D eigenvalue weighted by Gasteiger charge is -2.35. The van der Waals surface area contributed by atoms with Gasteiger partial charge < -0.3 is 10.1 Å². The van der Waals surface area contributed by atoms with Gasteiger partial charge in [-0.05, 0) is 49.4 Å². The molecule has 0 unspecified atom stereocenters. The van der Waals surface area contributed by atoms with Crippen molar-refractivity contribution in [2.24, 2.45) is 11.8 Å². The van der Waals surface area contributed by atoms with Crippen LogP contribution in [0.4, 0.5) is 4.39 Å². The maximum atomic E-state index is 12.9. The highest BCUT2D eigenvalue weighted by Gasteiger charge is 2.30. The van der Waals surface area contributed by atoms with Crippen molar-refractivity contribution in [3.63, 3.8) is 0 Å². The molecule has 1 aliphatic rings. The molecule has 1 N–H and O–H groups in total. The summed E-state index contributed by atoms with van der Waals surface area (Å²) in [5.74, 6) is -0.351. The van der Waals surface area contributed by atoms with Gasteiger partial charge in [-0.25, -0.2) is 9.18 Å². The molecule has 0 radical (unpaired) electrons. The first-order chi connectivity index (χ1) is 10.9. The number of rotatable bonds is 4. The molecule has 5 heteroatoms. The Labute approximate surface area is 136 Å². The summed E-state index contributed by atoms with van der Waals surface area (Å²) in [5.41, 5.74) is 0.228. The minimum Gasteiger partial charge on any atom is -0.449 e. The number of halogens is 1. The van der Waals surface area contributed by atoms with Crippen LogP contribution < -0.4 is 5.32 Å². The van der Waals surface area contributed by atoms with Crippen LogP contribution in [-0.2, 0) is 9.53 Å². The molecule has 0 saturated heterocycles. The van der Waals surface area contributed by atoms with Gasteiger partial charge in [-0.15, -0.1) is 0 Å². The van der Waals surface area contributed by atoms with Crippen molar-refractivity contribution in [3.05, 3.63) is 35.6 Å². The van der Waals surface area contributed by atoms with Crippen molar-refractivity contribution < 1.29 is 18.7 Å². The molecule has 1 saturated carbocycles. The number of ether oxygens (including phenoxy) is 1. The number of carbonyl (C=O) groups is 2. The van der Waals surface area contributed by atoms with Gasteiger partial charge in [-0.3, -0.25) is 4.79 Å². The second-order valence-electron chi connectivity index (χ2n) is 6.44. The summed E-state index contributed by atoms with van der Waals surface area (Å²) in [7, 11) is 0. The summed E-state index contributed by atoms with van der Waals surface area (Å²) in [5, 5.41) is 2.99. The van der Waals surface area contributed by atoms with Crippen molar-refractivity contribution in [2.75, 3.05) is 0 Å². The molecule has 1 aromatic rings. The monoisotopic (exact) mass is 321 g/mol. The van der Waals surface area contributed by atoms with Gasteiger partial charge in [0.15, 0.2) is 6.10 Å². The average Bonchev–Trinajstić information content (AvgIpc) is 2.52. The number of esters is 1. The van der Waals surface area contributed by atoms with E-state index in [-0.39, 0.29) is 17.5 Å². The molecule has 23 heavy (non-hydrogen) atoms. The topological polar surface area (TPSA) is 55.4 Å². The maximum Gasteiger partial charge on any atom is 0.338 e. The fraction of sp³-hybridized carbons (Fsp3) is 0.556. The van der Waals surface area contributed by atoms with Gasteiger partial charge in [0.1, 0.15) is 5.82 Å². The summed E-state index contributed by atoms with van der Waals surface area (Å²) in [6.07, 6.45) is 2.36. The van der Waals surface area contributed by atoms with Gasteiger partial charge in [-0.2, -0.15) is 0 Å². The molecule has 126 valence electrons. The number of amides is 1. The zero-order valence-electron chi connectivity index (χ0n) is 13.8. The Bertz CT molecular complexity index is 558. The molecule has 1 aliphatic carbocycles. The summed E-state index contributed by atoms with van der Waals surface area (Å²) < 4.78 is 18.0. The van der Waals surface area contributed by atoms with Crippen molar-refractivity contribution in [3.8, 4) is 0 Å². The average molecular weight is 321 g/mol. The normalized spacial score (nSPS) is 25.5. The molecule has 0 aromatic heterocycles. The molecule has 0 aliphatic heterocycles. The minimum absolute atomic E-state index is 0.123. The molecular weight excluding hydrogens is 297 g/mol. The lowest BCUT2D eigenvalue weighted by molar-refractivity contribution is -0.130. The number of nitrogens with one attached hydrogen (secondary N) is 1. The lowest BCUT2D eigenvalue weighted by atomic mass is 9.78. The first kappa shape index (κ1) is 17.4. The summed E-state index contributed by atoms with van der Waals surface area (Å²) in [4.78, 5) is 24.2. The Morgan fingerprint density at radius 2 is 1.87 bits per heavy atom. The van der Waals surface area contributed by atoms with Gasteiger partial charge in [-0.1, -0.05) is 26.7 Å². The van der Waals surface area contributed by atoms with E-state index in [0.717, 1.165) is 12.8 Å². The van der Waals surface area contributed by atoms with Crippen LogP contribution in [0.5, 0.6) is 0 Å². The highest BCUT2D eigenvalue weighted by molar-refractivity contribution is 5.92. The Hall–Kier alpha value is -1.91. The fourth-order valence-corrected chi connectivity index (χ4v) is 2.95. The molecule has 1 amide bonds. The minimum atomic E-state index is -0.878. The van der Waals surface area contributed by atoms with E-state index in [1.54, 1.807) is 6.92 Å². The largest absolute Gasteiger partial charge is 0.449 e. The van der Waals surface area contributed by atoms with Crippen molar-refractivity contribution in [2.45, 2.75) is 52.2 Å².